The Hall–Kier alpha value is -3.96. The van der Waals surface area contributed by atoms with Gasteiger partial charge < -0.3 is 17.8 Å². The van der Waals surface area contributed by atoms with Gasteiger partial charge in [0, 0.05) is 125 Å². The Bertz CT molecular complexity index is 5330. The Balaban J connectivity index is -0.000000500. The van der Waals surface area contributed by atoms with Crippen LogP contribution in [0.15, 0.2) is 158 Å². The van der Waals surface area contributed by atoms with Gasteiger partial charge in [0.2, 0.25) is 9.23 Å². The average Bonchev–Trinajstić information content (AvgIpc) is 0.715. The maximum absolute atomic E-state index is 12.5. The predicted octanol–water partition coefficient (Wildman–Crippen LogP) is 9.96. The third-order valence-electron chi connectivity index (χ3n) is 5.03. The smallest absolute Gasteiger partial charge is 0.917 e. The van der Waals surface area contributed by atoms with Gasteiger partial charge in [0.25, 0.3) is 0 Å². The number of hydrogen-bond donors (Lipinski definition) is 0. The van der Waals surface area contributed by atoms with E-state index in [0.29, 0.717) is 0 Å². The number of benzene rings is 3. The van der Waals surface area contributed by atoms with Gasteiger partial charge in [-0.25, -0.2) is 9.19 Å². The minimum atomic E-state index is -4.86. The second kappa shape index (κ2) is 53.4. The van der Waals surface area contributed by atoms with Crippen molar-refractivity contribution in [1.82, 2.24) is 15.0 Å². The molecule has 0 aliphatic carbocycles. The number of carbonyl (C=O) groups is 4. The van der Waals surface area contributed by atoms with Crippen molar-refractivity contribution in [2.45, 2.75) is 105 Å². The summed E-state index contributed by atoms with van der Waals surface area (Å²) in [6, 6.07) is -20.2. The molecule has 0 aliphatic heterocycles. The van der Waals surface area contributed by atoms with Crippen molar-refractivity contribution in [3.8, 4) is 0 Å². The standard InChI is InChI=1S/C12H16O.C12H14O.C7H6F3N.C7H6O.C6H3ClF3N.C6H7N.C5H10O.Cl2OS.2Na.O3S/c2*1-2-6-12(13)10-9-11-7-4-3-5-8-11;1-5-2-3-6(4-11-5)7(8,9)10;8-6-7-4-2-1-3-5-7;7-5-2-1-4(3-11-5)6(8,9)10;1-6-3-2-4-7-5-6;1-3-4-5(2)6;1-4(2)3;;;1-4(2)3/h3-5,7-8H,2,6,9-10H2,1H3;3-5,7-10H,2,6H2,1H3;2-4H,1H3;1-6H;1-3H;2-5H,1H3;3-4H2,1-2H3;;;;/q;;;;;;;;2*+1;-2/b;10-9+;;;;;;;;;/i1D3,2D2,3D,4D,5D,6D2,7D,8D,9D2,10D2;1D3,2D2,3D,4D,5D,6D2,7D,8D,9D,10D;2D,3D,4D;1D,2D,3D,4D,5D,6D;1D,2D,3D;1D3,2D,3D,4D,5D;1D3,2D3,3D2,4D2;;;;. The monoisotopic (exact) mass is 1280 g/mol. The van der Waals surface area contributed by atoms with Crippen molar-refractivity contribution in [1.29, 1.82) is 0 Å². The summed E-state index contributed by atoms with van der Waals surface area (Å²) in [6.45, 7) is -15.4. The number of ketones is 3. The maximum Gasteiger partial charge on any atom is 1.00 e. The number of aromatic nitrogens is 3. The van der Waals surface area contributed by atoms with Crippen LogP contribution in [0.5, 0.6) is 0 Å². The van der Waals surface area contributed by atoms with Crippen LogP contribution in [0.4, 0.5) is 26.3 Å². The molecule has 422 valence electrons. The number of aldehydes is 1. The van der Waals surface area contributed by atoms with Gasteiger partial charge in [-0.2, -0.15) is 37.3 Å². The topological polar surface area (TPSA) is 181 Å². The minimum absolute atomic E-state index is 0. The van der Waals surface area contributed by atoms with Crippen LogP contribution in [-0.4, -0.2) is 47.3 Å². The molecule has 0 spiro atoms. The molecule has 3 aromatic carbocycles. The van der Waals surface area contributed by atoms with Crippen LogP contribution >= 0.6 is 33.0 Å². The number of carbonyl (C=O) groups excluding carboxylic acids is 4. The van der Waals surface area contributed by atoms with E-state index in [0.717, 1.165) is 0 Å². The van der Waals surface area contributed by atoms with Crippen molar-refractivity contribution >= 4 is 82.8 Å². The van der Waals surface area contributed by atoms with E-state index in [1.165, 1.54) is 6.92 Å². The molecule has 0 aliphatic rings. The summed E-state index contributed by atoms with van der Waals surface area (Å²) in [4.78, 5) is 56.1. The summed E-state index contributed by atoms with van der Waals surface area (Å²) < 4.78 is 536. The predicted molar refractivity (Wildman–Crippen MR) is 294 cm³/mol. The first-order valence-corrected chi connectivity index (χ1v) is 21.6. The number of halogens is 9. The molecule has 0 atom stereocenters. The Morgan fingerprint density at radius 1 is 0.709 bits per heavy atom. The Kier molecular flexibility index (Phi) is 16.7. The van der Waals surface area contributed by atoms with E-state index in [2.05, 4.69) is 36.3 Å². The van der Waals surface area contributed by atoms with E-state index in [-0.39, 0.29) is 64.8 Å². The first-order valence-electron chi connectivity index (χ1n) is 47.0. The zero-order valence-electron chi connectivity index (χ0n) is 97.8. The molecule has 0 saturated carbocycles. The van der Waals surface area contributed by atoms with Crippen molar-refractivity contribution in [3.63, 3.8) is 0 Å². The van der Waals surface area contributed by atoms with Gasteiger partial charge in [-0.15, -0.1) is 0 Å². The number of aryl methyl sites for hydroxylation is 1. The van der Waals surface area contributed by atoms with E-state index in [4.69, 9.17) is 110 Å². The Morgan fingerprint density at radius 2 is 1.19 bits per heavy atom. The molecule has 0 bridgehead atoms. The molecule has 79 heavy (non-hydrogen) atoms. The molecule has 0 N–H and O–H groups in total. The SMILES string of the molecule is O=S(Cl)Cl.O=[S-](=O)[O-].[2H]/C(C(=O)C([2H])([2H])C([2H])([2H])C([2H])([2H])[2H])=C(/[2H])c1c([2H])c([2H])c([2H])c([2H])c1[2H].[2H]C(=O)c1c([2H])c([2H])c([2H])c([2H])c1[2H].[2H]C([2H])([2H])C(=O)C([2H])([2H])C([2H])([2H])C([2H])([2H])[2H].[2H]c1c([2H])c([2H])c(C([2H])([2H])C([2H])([2H])C(=O)C([2H])([2H])C([2H])([2H])C([2H])([2H])[2H])c([2H])c1[2H].[2H]c1nc(C)c([2H])c([2H])c1C(F)(F)F.[2H]c1nc(Cl)c([2H])c([2H])c1C(F)(F)F.[2H]c1nc([2H])c(C([2H])([2H])[2H])c([2H])c1[2H].[Na+].[Na+]. The van der Waals surface area contributed by atoms with E-state index in [1.807, 2.05) is 0 Å². The summed E-state index contributed by atoms with van der Waals surface area (Å²) in [5, 5.41) is -0.576. The van der Waals surface area contributed by atoms with Gasteiger partial charge in [0.05, 0.1) is 48.1 Å². The quantitative estimate of drug-likeness (QED) is 0.0131. The molecule has 11 nitrogen and oxygen atoms in total. The van der Waals surface area contributed by atoms with Crippen molar-refractivity contribution in [2.75, 3.05) is 0 Å². The molecule has 6 rings (SSSR count). The van der Waals surface area contributed by atoms with Crippen LogP contribution in [0.3, 0.4) is 0 Å². The summed E-state index contributed by atoms with van der Waals surface area (Å²) >= 11 is 5.24. The number of alkyl halides is 6. The minimum Gasteiger partial charge on any atom is -0.917 e. The van der Waals surface area contributed by atoms with Crippen LogP contribution in [-0.2, 0) is 61.7 Å². The summed E-state index contributed by atoms with van der Waals surface area (Å²) in [6.07, 6.45) is -44.6. The summed E-state index contributed by atoms with van der Waals surface area (Å²) in [7, 11) is 4.25. The number of hydrogen-bond acceptors (Lipinski definition) is 12. The molecule has 3 aromatic heterocycles. The van der Waals surface area contributed by atoms with E-state index in [9.17, 15) is 45.5 Å². The Morgan fingerprint density at radius 3 is 1.68 bits per heavy atom. The van der Waals surface area contributed by atoms with E-state index < -0.39 is 344 Å². The first-order chi connectivity index (χ1) is 59.7. The van der Waals surface area contributed by atoms with Crippen LogP contribution in [0.25, 0.3) is 6.05 Å². The van der Waals surface area contributed by atoms with Gasteiger partial charge in [0.15, 0.2) is 5.78 Å². The number of allylic oxidation sites excluding steroid dienone is 1. The van der Waals surface area contributed by atoms with Gasteiger partial charge in [-0.05, 0) is 99.1 Å². The summed E-state index contributed by atoms with van der Waals surface area (Å²) in [5.41, 5.74) is -6.33. The second-order valence-electron chi connectivity index (χ2n) is 10.3. The molecule has 3 heterocycles. The van der Waals surface area contributed by atoms with Crippen molar-refractivity contribution < 1.29 is 203 Å². The molecule has 0 radical (unpaired) electrons. The average molecular weight is 1280 g/mol. The number of nitrogens with zero attached hydrogens (tertiary/aromatic N) is 3. The molecular weight excluding hydrogens is 1160 g/mol. The van der Waals surface area contributed by atoms with E-state index >= 15 is 0 Å². The van der Waals surface area contributed by atoms with Crippen LogP contribution in [0.1, 0.15) is 197 Å². The third-order valence-corrected chi connectivity index (χ3v) is 5.21. The van der Waals surface area contributed by atoms with Gasteiger partial charge in [-0.1, -0.05) is 135 Å². The third kappa shape index (κ3) is 58.5. The molecule has 0 fully saturated rings. The van der Waals surface area contributed by atoms with Crippen LogP contribution in [0, 0.1) is 13.8 Å². The van der Waals surface area contributed by atoms with Crippen LogP contribution < -0.4 is 59.1 Å². The molecule has 0 amide bonds. The normalized spacial score (nSPS) is 23.0. The molecule has 0 unspecified atom stereocenters. The van der Waals surface area contributed by atoms with Crippen molar-refractivity contribution in [2.24, 2.45) is 0 Å². The largest absolute Gasteiger partial charge is 1.00 e. The fourth-order valence-corrected chi connectivity index (χ4v) is 2.61. The van der Waals surface area contributed by atoms with Crippen molar-refractivity contribution in [3.05, 3.63) is 202 Å². The molecule has 24 heteroatoms. The van der Waals surface area contributed by atoms with E-state index in [1.54, 1.807) is 0 Å². The number of Topliss-reactive ketones (excluding diaryl/α,β-unsaturated/α-hetero) is 2. The van der Waals surface area contributed by atoms with Gasteiger partial charge >= 0.3 is 71.5 Å². The number of rotatable bonds is 12. The number of pyridine rings is 3. The Labute approximate surface area is 605 Å². The van der Waals surface area contributed by atoms with Gasteiger partial charge in [-0.3, -0.25) is 24.4 Å². The maximum atomic E-state index is 12.5. The zero-order valence-corrected chi connectivity index (χ0v) is 46.7. The zero-order chi connectivity index (χ0) is 110. The van der Waals surface area contributed by atoms with Gasteiger partial charge in [0.1, 0.15) is 24.4 Å². The fourth-order valence-electron chi connectivity index (χ4n) is 2.52. The second-order valence-corrected chi connectivity index (χ2v) is 13.5. The molecule has 0 saturated heterocycles. The summed E-state index contributed by atoms with van der Waals surface area (Å²) in [5.74, 6) is -6.48. The first kappa shape index (κ1) is 24.7. The molecular formula is C55H62Cl3F6N3Na2O8S2. The fraction of sp³-hybridized carbons (Fsp3) is 0.291. The van der Waals surface area contributed by atoms with Crippen LogP contribution in [0.2, 0.25) is 5.15 Å². The molecule has 6 aromatic rings.